The highest BCUT2D eigenvalue weighted by Gasteiger charge is 2.13. The lowest BCUT2D eigenvalue weighted by molar-refractivity contribution is 0.440. The Kier molecular flexibility index (Phi) is 5.77. The first-order chi connectivity index (χ1) is 10.9. The van der Waals surface area contributed by atoms with Crippen molar-refractivity contribution in [2.45, 2.75) is 38.5 Å². The average Bonchev–Trinajstić information content (AvgIpc) is 3.00. The highest BCUT2D eigenvalue weighted by Crippen LogP contribution is 2.17. The Balaban J connectivity index is 2.21. The zero-order valence-electron chi connectivity index (χ0n) is 14.0. The third-order valence-corrected chi connectivity index (χ3v) is 4.94. The van der Waals surface area contributed by atoms with Gasteiger partial charge in [-0.1, -0.05) is 23.3 Å². The Hall–Kier alpha value is -1.88. The van der Waals surface area contributed by atoms with Crippen LogP contribution in [0.25, 0.3) is 0 Å². The Morgan fingerprint density at radius 1 is 1.13 bits per heavy atom. The molecule has 0 aromatic heterocycles. The van der Waals surface area contributed by atoms with Crippen molar-refractivity contribution in [3.63, 3.8) is 0 Å². The smallest absolute Gasteiger partial charge is 0.282 e. The standard InChI is InChI=1S/C18H24N2O2S/c1-15(2)14-17(20-12-4-5-13-20)10-11-19-23(21,22)18-8-6-16(3)7-9-18/h6-11,14H,4-5,12-13H2,1-3H3/b17-10+,19-11?. The predicted octanol–water partition coefficient (Wildman–Crippen LogP) is 3.70. The zero-order valence-corrected chi connectivity index (χ0v) is 14.8. The molecular weight excluding hydrogens is 308 g/mol. The van der Waals surface area contributed by atoms with Gasteiger partial charge in [-0.15, -0.1) is 0 Å². The van der Waals surface area contributed by atoms with Gasteiger partial charge in [-0.2, -0.15) is 12.8 Å². The first-order valence-electron chi connectivity index (χ1n) is 7.86. The summed E-state index contributed by atoms with van der Waals surface area (Å²) in [6.45, 7) is 8.00. The molecule has 0 saturated carbocycles. The maximum Gasteiger partial charge on any atom is 0.282 e. The Bertz CT molecular complexity index is 719. The van der Waals surface area contributed by atoms with Crippen LogP contribution in [0.15, 0.2) is 57.0 Å². The van der Waals surface area contributed by atoms with Gasteiger partial charge in [0.1, 0.15) is 0 Å². The van der Waals surface area contributed by atoms with Crippen LogP contribution in [0.3, 0.4) is 0 Å². The molecule has 5 heteroatoms. The van der Waals surface area contributed by atoms with E-state index in [1.165, 1.54) is 24.6 Å². The van der Waals surface area contributed by atoms with Crippen molar-refractivity contribution in [3.8, 4) is 0 Å². The van der Waals surface area contributed by atoms with E-state index in [0.717, 1.165) is 24.4 Å². The van der Waals surface area contributed by atoms with Gasteiger partial charge in [0.2, 0.25) is 0 Å². The molecule has 0 atom stereocenters. The van der Waals surface area contributed by atoms with Gasteiger partial charge < -0.3 is 4.90 Å². The van der Waals surface area contributed by atoms with Gasteiger partial charge in [0.15, 0.2) is 0 Å². The van der Waals surface area contributed by atoms with Crippen LogP contribution in [0.5, 0.6) is 0 Å². The topological polar surface area (TPSA) is 49.7 Å². The maximum atomic E-state index is 12.2. The molecule has 2 rings (SSSR count). The monoisotopic (exact) mass is 332 g/mol. The summed E-state index contributed by atoms with van der Waals surface area (Å²) in [4.78, 5) is 2.48. The SMILES string of the molecule is CC(C)=C/C(=C\C=NS(=O)(=O)c1ccc(C)cc1)N1CCCC1. The fourth-order valence-electron chi connectivity index (χ4n) is 2.47. The number of likely N-dealkylation sites (tertiary alicyclic amines) is 1. The number of nitrogens with zero attached hydrogens (tertiary/aromatic N) is 2. The van der Waals surface area contributed by atoms with Crippen LogP contribution < -0.4 is 0 Å². The van der Waals surface area contributed by atoms with Gasteiger partial charge >= 0.3 is 0 Å². The molecular formula is C18H24N2O2S. The molecule has 1 aliphatic heterocycles. The van der Waals surface area contributed by atoms with Crippen LogP contribution in [-0.4, -0.2) is 32.6 Å². The fraction of sp³-hybridized carbons (Fsp3) is 0.389. The minimum Gasteiger partial charge on any atom is -0.371 e. The Labute approximate surface area is 139 Å². The van der Waals surface area contributed by atoms with Crippen molar-refractivity contribution in [1.29, 1.82) is 0 Å². The Morgan fingerprint density at radius 2 is 1.74 bits per heavy atom. The molecule has 1 aromatic rings. The molecule has 0 bridgehead atoms. The second-order valence-electron chi connectivity index (χ2n) is 6.05. The molecule has 1 heterocycles. The minimum absolute atomic E-state index is 0.220. The van der Waals surface area contributed by atoms with E-state index in [4.69, 9.17) is 0 Å². The van der Waals surface area contributed by atoms with E-state index in [2.05, 4.69) is 15.4 Å². The summed E-state index contributed by atoms with van der Waals surface area (Å²) in [5, 5.41) is 0. The van der Waals surface area contributed by atoms with Crippen molar-refractivity contribution in [2.75, 3.05) is 13.1 Å². The quantitative estimate of drug-likeness (QED) is 0.610. The van der Waals surface area contributed by atoms with Gasteiger partial charge in [0, 0.05) is 25.0 Å². The molecule has 0 unspecified atom stereocenters. The molecule has 0 spiro atoms. The lowest BCUT2D eigenvalue weighted by atomic mass is 10.2. The third-order valence-electron chi connectivity index (χ3n) is 3.67. The molecule has 124 valence electrons. The predicted molar refractivity (Wildman–Crippen MR) is 95.2 cm³/mol. The van der Waals surface area contributed by atoms with E-state index in [1.54, 1.807) is 30.3 Å². The van der Waals surface area contributed by atoms with Crippen molar-refractivity contribution in [2.24, 2.45) is 4.40 Å². The van der Waals surface area contributed by atoms with Gasteiger partial charge in [0.05, 0.1) is 4.90 Å². The van der Waals surface area contributed by atoms with Gasteiger partial charge in [0.25, 0.3) is 10.0 Å². The largest absolute Gasteiger partial charge is 0.371 e. The van der Waals surface area contributed by atoms with E-state index < -0.39 is 10.0 Å². The lowest BCUT2D eigenvalue weighted by Crippen LogP contribution is -2.17. The van der Waals surface area contributed by atoms with E-state index >= 15 is 0 Å². The summed E-state index contributed by atoms with van der Waals surface area (Å²) in [5.74, 6) is 0. The molecule has 1 saturated heterocycles. The molecule has 4 nitrogen and oxygen atoms in total. The zero-order chi connectivity index (χ0) is 16.9. The lowest BCUT2D eigenvalue weighted by Gasteiger charge is -2.18. The number of sulfonamides is 1. The third kappa shape index (κ3) is 5.06. The molecule has 0 radical (unpaired) electrons. The number of benzene rings is 1. The maximum absolute atomic E-state index is 12.2. The summed E-state index contributed by atoms with van der Waals surface area (Å²) < 4.78 is 28.2. The van der Waals surface area contributed by atoms with Crippen LogP contribution in [0.1, 0.15) is 32.3 Å². The summed E-state index contributed by atoms with van der Waals surface area (Å²) in [7, 11) is -3.64. The summed E-state index contributed by atoms with van der Waals surface area (Å²) >= 11 is 0. The van der Waals surface area contributed by atoms with Gasteiger partial charge in [-0.3, -0.25) is 0 Å². The summed E-state index contributed by atoms with van der Waals surface area (Å²) in [6, 6.07) is 6.72. The van der Waals surface area contributed by atoms with Gasteiger partial charge in [-0.05, 0) is 57.9 Å². The second kappa shape index (κ2) is 7.59. The molecule has 1 aromatic carbocycles. The highest BCUT2D eigenvalue weighted by molar-refractivity contribution is 7.90. The molecule has 1 aliphatic rings. The summed E-state index contributed by atoms with van der Waals surface area (Å²) in [5.41, 5.74) is 3.22. The number of aryl methyl sites for hydroxylation is 1. The van der Waals surface area contributed by atoms with Crippen molar-refractivity contribution < 1.29 is 8.42 Å². The normalized spacial score (nSPS) is 16.1. The second-order valence-corrected chi connectivity index (χ2v) is 7.68. The van der Waals surface area contributed by atoms with Crippen LogP contribution in [-0.2, 0) is 10.0 Å². The van der Waals surface area contributed by atoms with E-state index in [9.17, 15) is 8.42 Å². The molecule has 23 heavy (non-hydrogen) atoms. The molecule has 1 fully saturated rings. The fourth-order valence-corrected chi connectivity index (χ4v) is 3.30. The Morgan fingerprint density at radius 3 is 2.30 bits per heavy atom. The number of hydrogen-bond donors (Lipinski definition) is 0. The minimum atomic E-state index is -3.64. The van der Waals surface area contributed by atoms with E-state index in [-0.39, 0.29) is 4.90 Å². The molecule has 0 aliphatic carbocycles. The summed E-state index contributed by atoms with van der Waals surface area (Å²) in [6.07, 6.45) is 7.58. The van der Waals surface area contributed by atoms with Crippen molar-refractivity contribution in [3.05, 3.63) is 53.3 Å². The van der Waals surface area contributed by atoms with Gasteiger partial charge in [-0.25, -0.2) is 0 Å². The first kappa shape index (κ1) is 17.5. The van der Waals surface area contributed by atoms with Crippen LogP contribution in [0.4, 0.5) is 0 Å². The average molecular weight is 332 g/mol. The van der Waals surface area contributed by atoms with Crippen LogP contribution in [0.2, 0.25) is 0 Å². The molecule has 0 amide bonds. The van der Waals surface area contributed by atoms with Crippen molar-refractivity contribution in [1.82, 2.24) is 4.90 Å². The number of rotatable bonds is 5. The van der Waals surface area contributed by atoms with E-state index in [1.807, 2.05) is 20.8 Å². The van der Waals surface area contributed by atoms with Crippen molar-refractivity contribution >= 4 is 16.2 Å². The highest BCUT2D eigenvalue weighted by atomic mass is 32.2. The number of hydrogen-bond acceptors (Lipinski definition) is 3. The van der Waals surface area contributed by atoms with Crippen LogP contribution in [0, 0.1) is 6.92 Å². The molecule has 0 N–H and O–H groups in total. The van der Waals surface area contributed by atoms with E-state index in [0.29, 0.717) is 0 Å². The first-order valence-corrected chi connectivity index (χ1v) is 9.30. The number of allylic oxidation sites excluding steroid dienone is 3. The van der Waals surface area contributed by atoms with Crippen LogP contribution >= 0.6 is 0 Å².